The average molecular weight is 376 g/mol. The Bertz CT molecular complexity index is 899. The zero-order valence-electron chi connectivity index (χ0n) is 16.0. The molecule has 1 aromatic heterocycles. The highest BCUT2D eigenvalue weighted by atomic mass is 35.5. The number of benzene rings is 1. The summed E-state index contributed by atoms with van der Waals surface area (Å²) in [5.74, 6) is 0.789. The Balaban J connectivity index is 2.08. The highest BCUT2D eigenvalue weighted by Crippen LogP contribution is 2.31. The van der Waals surface area contributed by atoms with Crippen molar-refractivity contribution in [2.45, 2.75) is 45.6 Å². The molecular formula is C20H26ClN3O2. The standard InChI is InChI=1S/C20H26ClN3O2/c1-20(2,3)17-11-18(24(23(17)4)12-13-6-7-13)22-19(25)15-9-8-14(21)10-16(15)26-5/h8-11,13H,6-7,12H2,1-5H3/b22-18+. The van der Waals surface area contributed by atoms with Crippen LogP contribution in [0.1, 0.15) is 49.7 Å². The summed E-state index contributed by atoms with van der Waals surface area (Å²) in [6.45, 7) is 7.38. The normalized spacial score (nSPS) is 15.4. The first kappa shape index (κ1) is 18.8. The van der Waals surface area contributed by atoms with Gasteiger partial charge < -0.3 is 4.74 Å². The fourth-order valence-corrected chi connectivity index (χ4v) is 3.29. The second-order valence-electron chi connectivity index (χ2n) is 7.95. The molecule has 0 saturated heterocycles. The van der Waals surface area contributed by atoms with Gasteiger partial charge in [-0.25, -0.2) is 0 Å². The topological polar surface area (TPSA) is 48.5 Å². The van der Waals surface area contributed by atoms with Gasteiger partial charge in [0.2, 0.25) is 0 Å². The molecule has 0 N–H and O–H groups in total. The summed E-state index contributed by atoms with van der Waals surface area (Å²) in [5.41, 5.74) is 2.21. The van der Waals surface area contributed by atoms with E-state index in [0.29, 0.717) is 27.7 Å². The van der Waals surface area contributed by atoms with Crippen LogP contribution in [-0.2, 0) is 19.0 Å². The van der Waals surface area contributed by atoms with Crippen molar-refractivity contribution in [1.29, 1.82) is 0 Å². The second kappa shape index (κ2) is 6.95. The van der Waals surface area contributed by atoms with E-state index in [9.17, 15) is 4.79 Å². The minimum Gasteiger partial charge on any atom is -0.496 e. The number of hydrogen-bond acceptors (Lipinski definition) is 2. The smallest absolute Gasteiger partial charge is 0.282 e. The lowest BCUT2D eigenvalue weighted by Gasteiger charge is -2.20. The maximum absolute atomic E-state index is 12.8. The van der Waals surface area contributed by atoms with Gasteiger partial charge in [-0.1, -0.05) is 32.4 Å². The summed E-state index contributed by atoms with van der Waals surface area (Å²) >= 11 is 5.99. The Kier molecular flexibility index (Phi) is 5.02. The van der Waals surface area contributed by atoms with Crippen molar-refractivity contribution in [2.75, 3.05) is 7.11 Å². The number of halogens is 1. The molecule has 1 heterocycles. The number of aromatic nitrogens is 2. The summed E-state index contributed by atoms with van der Waals surface area (Å²) in [6.07, 6.45) is 2.48. The Labute approximate surface area is 159 Å². The van der Waals surface area contributed by atoms with E-state index >= 15 is 0 Å². The van der Waals surface area contributed by atoms with Gasteiger partial charge in [-0.2, -0.15) is 4.99 Å². The van der Waals surface area contributed by atoms with Crippen LogP contribution in [0.15, 0.2) is 29.3 Å². The molecule has 0 bridgehead atoms. The predicted molar refractivity (Wildman–Crippen MR) is 103 cm³/mol. The molecule has 0 radical (unpaired) electrons. The number of rotatable bonds is 4. The van der Waals surface area contributed by atoms with Gasteiger partial charge in [-0.3, -0.25) is 14.2 Å². The first-order valence-electron chi connectivity index (χ1n) is 8.90. The average Bonchev–Trinajstić information content (AvgIpc) is 3.33. The number of amides is 1. The van der Waals surface area contributed by atoms with Gasteiger partial charge in [0.15, 0.2) is 5.49 Å². The molecule has 0 atom stereocenters. The SMILES string of the molecule is COc1cc(Cl)ccc1C(=O)/N=c1\cc(C(C)(C)C)n(C)n1CC1CC1. The van der Waals surface area contributed by atoms with Crippen molar-refractivity contribution in [1.82, 2.24) is 9.36 Å². The number of carbonyl (C=O) groups excluding carboxylic acids is 1. The van der Waals surface area contributed by atoms with Crippen LogP contribution in [0.5, 0.6) is 5.75 Å². The Morgan fingerprint density at radius 3 is 2.58 bits per heavy atom. The van der Waals surface area contributed by atoms with Crippen molar-refractivity contribution >= 4 is 17.5 Å². The van der Waals surface area contributed by atoms with Crippen LogP contribution in [0.4, 0.5) is 0 Å². The molecule has 1 aromatic carbocycles. The predicted octanol–water partition coefficient (Wildman–Crippen LogP) is 3.94. The van der Waals surface area contributed by atoms with Gasteiger partial charge in [0, 0.05) is 35.8 Å². The van der Waals surface area contributed by atoms with Gasteiger partial charge in [0.05, 0.1) is 12.7 Å². The van der Waals surface area contributed by atoms with E-state index in [4.69, 9.17) is 16.3 Å². The fraction of sp³-hybridized carbons (Fsp3) is 0.500. The van der Waals surface area contributed by atoms with Crippen LogP contribution in [0.2, 0.25) is 5.02 Å². The van der Waals surface area contributed by atoms with Gasteiger partial charge >= 0.3 is 0 Å². The van der Waals surface area contributed by atoms with Crippen LogP contribution < -0.4 is 10.2 Å². The molecule has 0 unspecified atom stereocenters. The number of methoxy groups -OCH3 is 1. The van der Waals surface area contributed by atoms with Crippen molar-refractivity contribution in [2.24, 2.45) is 18.0 Å². The van der Waals surface area contributed by atoms with Gasteiger partial charge in [-0.15, -0.1) is 0 Å². The summed E-state index contributed by atoms with van der Waals surface area (Å²) in [4.78, 5) is 17.2. The molecule has 0 aliphatic heterocycles. The minimum atomic E-state index is -0.325. The highest BCUT2D eigenvalue weighted by Gasteiger charge is 2.26. The van der Waals surface area contributed by atoms with E-state index in [1.165, 1.54) is 20.0 Å². The summed E-state index contributed by atoms with van der Waals surface area (Å²) in [7, 11) is 3.56. The number of ether oxygens (including phenoxy) is 1. The Morgan fingerprint density at radius 2 is 2.00 bits per heavy atom. The summed E-state index contributed by atoms with van der Waals surface area (Å²) in [5, 5.41) is 0.525. The molecule has 2 aromatic rings. The van der Waals surface area contributed by atoms with E-state index in [-0.39, 0.29) is 11.3 Å². The molecule has 140 valence electrons. The molecule has 1 amide bonds. The lowest BCUT2D eigenvalue weighted by Crippen LogP contribution is -2.26. The molecule has 1 aliphatic carbocycles. The van der Waals surface area contributed by atoms with Gasteiger partial charge in [0.25, 0.3) is 5.91 Å². The monoisotopic (exact) mass is 375 g/mol. The third-order valence-electron chi connectivity index (χ3n) is 4.75. The minimum absolute atomic E-state index is 0.0329. The van der Waals surface area contributed by atoms with Crippen LogP contribution >= 0.6 is 11.6 Å². The van der Waals surface area contributed by atoms with Crippen LogP contribution in [0.3, 0.4) is 0 Å². The zero-order valence-corrected chi connectivity index (χ0v) is 16.8. The summed E-state index contributed by atoms with van der Waals surface area (Å²) in [6, 6.07) is 6.99. The number of hydrogen-bond donors (Lipinski definition) is 0. The van der Waals surface area contributed by atoms with Crippen LogP contribution in [0, 0.1) is 5.92 Å². The van der Waals surface area contributed by atoms with E-state index in [1.54, 1.807) is 18.2 Å². The van der Waals surface area contributed by atoms with E-state index in [2.05, 4.69) is 35.1 Å². The molecular weight excluding hydrogens is 350 g/mol. The fourth-order valence-electron chi connectivity index (χ4n) is 3.13. The van der Waals surface area contributed by atoms with E-state index < -0.39 is 0 Å². The molecule has 1 aliphatic rings. The van der Waals surface area contributed by atoms with Gasteiger partial charge in [-0.05, 0) is 37.0 Å². The largest absolute Gasteiger partial charge is 0.496 e. The van der Waals surface area contributed by atoms with E-state index in [1.807, 2.05) is 13.1 Å². The summed E-state index contributed by atoms with van der Waals surface area (Å²) < 4.78 is 9.53. The van der Waals surface area contributed by atoms with Crippen LogP contribution in [0.25, 0.3) is 0 Å². The Morgan fingerprint density at radius 1 is 1.31 bits per heavy atom. The second-order valence-corrected chi connectivity index (χ2v) is 8.38. The van der Waals surface area contributed by atoms with Crippen molar-refractivity contribution in [3.63, 3.8) is 0 Å². The molecule has 1 fully saturated rings. The van der Waals surface area contributed by atoms with E-state index in [0.717, 1.165) is 12.2 Å². The maximum atomic E-state index is 12.8. The molecule has 5 nitrogen and oxygen atoms in total. The molecule has 3 rings (SSSR count). The lowest BCUT2D eigenvalue weighted by molar-refractivity contribution is 0.0993. The number of carbonyl (C=O) groups is 1. The van der Waals surface area contributed by atoms with Crippen molar-refractivity contribution in [3.8, 4) is 5.75 Å². The zero-order chi connectivity index (χ0) is 19.1. The first-order valence-corrected chi connectivity index (χ1v) is 9.28. The Hall–Kier alpha value is -2.01. The molecule has 0 spiro atoms. The van der Waals surface area contributed by atoms with Crippen LogP contribution in [-0.4, -0.2) is 22.4 Å². The first-order chi connectivity index (χ1) is 12.2. The molecule has 1 saturated carbocycles. The third kappa shape index (κ3) is 3.88. The quantitative estimate of drug-likeness (QED) is 0.812. The van der Waals surface area contributed by atoms with Crippen molar-refractivity contribution < 1.29 is 9.53 Å². The van der Waals surface area contributed by atoms with Crippen molar-refractivity contribution in [3.05, 3.63) is 46.0 Å². The van der Waals surface area contributed by atoms with Gasteiger partial charge in [0.1, 0.15) is 5.75 Å². The molecule has 26 heavy (non-hydrogen) atoms. The molecule has 6 heteroatoms. The third-order valence-corrected chi connectivity index (χ3v) is 4.98. The maximum Gasteiger partial charge on any atom is 0.282 e. The highest BCUT2D eigenvalue weighted by molar-refractivity contribution is 6.30. The number of nitrogens with zero attached hydrogens (tertiary/aromatic N) is 3. The lowest BCUT2D eigenvalue weighted by atomic mass is 9.92.